The van der Waals surface area contributed by atoms with E-state index in [1.165, 1.54) is 23.7 Å². The summed E-state index contributed by atoms with van der Waals surface area (Å²) in [4.78, 5) is 48.9. The van der Waals surface area contributed by atoms with E-state index in [9.17, 15) is 19.2 Å². The van der Waals surface area contributed by atoms with Crippen molar-refractivity contribution >= 4 is 40.1 Å². The molecule has 2 aromatic rings. The quantitative estimate of drug-likeness (QED) is 0.398. The first kappa shape index (κ1) is 24.1. The average Bonchev–Trinajstić information content (AvgIpc) is 3.37. The van der Waals surface area contributed by atoms with Gasteiger partial charge >= 0.3 is 11.9 Å². The summed E-state index contributed by atoms with van der Waals surface area (Å²) in [6.45, 7) is 5.51. The third kappa shape index (κ3) is 6.95. The van der Waals surface area contributed by atoms with Gasteiger partial charge in [0.15, 0.2) is 12.4 Å². The zero-order valence-electron chi connectivity index (χ0n) is 17.7. The van der Waals surface area contributed by atoms with E-state index in [0.29, 0.717) is 23.4 Å². The predicted octanol–water partition coefficient (Wildman–Crippen LogP) is 3.08. The molecule has 0 bridgehead atoms. The van der Waals surface area contributed by atoms with Crippen LogP contribution in [0, 0.1) is 6.92 Å². The van der Waals surface area contributed by atoms with Gasteiger partial charge in [-0.1, -0.05) is 6.92 Å². The van der Waals surface area contributed by atoms with Gasteiger partial charge in [-0.15, -0.1) is 11.3 Å². The third-order valence-corrected chi connectivity index (χ3v) is 5.31. The summed E-state index contributed by atoms with van der Waals surface area (Å²) in [5.74, 6) is -1.78. The number of amides is 2. The zero-order chi connectivity index (χ0) is 22.8. The monoisotopic (exact) mass is 450 g/mol. The average molecular weight is 451 g/mol. The number of furan rings is 1. The molecule has 2 aromatic heterocycles. The summed E-state index contributed by atoms with van der Waals surface area (Å²) in [5, 5.41) is 5.63. The molecule has 2 amide bonds. The van der Waals surface area contributed by atoms with Crippen molar-refractivity contribution in [3.05, 3.63) is 40.2 Å². The number of aryl methyl sites for hydroxylation is 1. The Hall–Kier alpha value is -3.14. The van der Waals surface area contributed by atoms with E-state index in [2.05, 4.69) is 10.6 Å². The molecule has 0 aliphatic carbocycles. The molecule has 10 heteroatoms. The van der Waals surface area contributed by atoms with E-state index in [4.69, 9.17) is 13.9 Å². The van der Waals surface area contributed by atoms with Crippen LogP contribution in [0.1, 0.15) is 58.0 Å². The minimum Gasteiger partial charge on any atom is -0.462 e. The molecular formula is C21H26N2O7S. The second-order valence-corrected chi connectivity index (χ2v) is 7.69. The number of carbonyl (C=O) groups is 4. The van der Waals surface area contributed by atoms with Crippen LogP contribution in [-0.4, -0.2) is 43.5 Å². The highest BCUT2D eigenvalue weighted by Crippen LogP contribution is 2.34. The van der Waals surface area contributed by atoms with Crippen LogP contribution in [0.3, 0.4) is 0 Å². The topological polar surface area (TPSA) is 124 Å². The molecule has 0 spiro atoms. The molecule has 0 saturated carbocycles. The highest BCUT2D eigenvalue weighted by Gasteiger charge is 2.23. The molecule has 0 unspecified atom stereocenters. The molecule has 9 nitrogen and oxygen atoms in total. The molecule has 0 saturated heterocycles. The maximum absolute atomic E-state index is 12.3. The first-order valence-electron chi connectivity index (χ1n) is 9.93. The molecule has 2 rings (SSSR count). The van der Waals surface area contributed by atoms with Gasteiger partial charge in [-0.25, -0.2) is 4.79 Å². The molecule has 0 aliphatic rings. The van der Waals surface area contributed by atoms with Crippen molar-refractivity contribution in [1.29, 1.82) is 0 Å². The molecule has 0 radical (unpaired) electrons. The Morgan fingerprint density at radius 2 is 1.94 bits per heavy atom. The van der Waals surface area contributed by atoms with Crippen molar-refractivity contribution < 1.29 is 33.1 Å². The van der Waals surface area contributed by atoms with Crippen molar-refractivity contribution in [2.45, 2.75) is 40.0 Å². The second-order valence-electron chi connectivity index (χ2n) is 6.46. The fourth-order valence-electron chi connectivity index (χ4n) is 2.82. The number of thiophene rings is 1. The van der Waals surface area contributed by atoms with Crippen LogP contribution in [0.5, 0.6) is 0 Å². The van der Waals surface area contributed by atoms with Crippen molar-refractivity contribution in [2.24, 2.45) is 0 Å². The van der Waals surface area contributed by atoms with E-state index in [1.807, 2.05) is 13.8 Å². The Kier molecular flexibility index (Phi) is 9.26. The zero-order valence-corrected chi connectivity index (χ0v) is 18.6. The third-order valence-electron chi connectivity index (χ3n) is 4.25. The largest absolute Gasteiger partial charge is 0.462 e. The van der Waals surface area contributed by atoms with Gasteiger partial charge in [0.1, 0.15) is 5.00 Å². The number of anilines is 1. The van der Waals surface area contributed by atoms with Gasteiger partial charge in [-0.2, -0.15) is 0 Å². The fraction of sp³-hybridized carbons (Fsp3) is 0.429. The van der Waals surface area contributed by atoms with E-state index >= 15 is 0 Å². The molecule has 31 heavy (non-hydrogen) atoms. The van der Waals surface area contributed by atoms with Gasteiger partial charge in [0.2, 0.25) is 0 Å². The number of nitrogens with one attached hydrogen (secondary N) is 2. The Morgan fingerprint density at radius 3 is 2.58 bits per heavy atom. The summed E-state index contributed by atoms with van der Waals surface area (Å²) in [6, 6.07) is 3.14. The Bertz CT molecular complexity index is 919. The number of rotatable bonds is 11. The standard InChI is InChI=1S/C21H26N2O7S/c1-4-14-13(3)31-20(18(14)21(27)28-5-2)23-16(24)12-30-17(25)9-6-10-22-19(26)15-8-7-11-29-15/h7-8,11H,4-6,9-10,12H2,1-3H3,(H,22,26)(H,23,24). The highest BCUT2D eigenvalue weighted by atomic mass is 32.1. The summed E-state index contributed by atoms with van der Waals surface area (Å²) >= 11 is 1.28. The maximum Gasteiger partial charge on any atom is 0.341 e. The molecule has 2 N–H and O–H groups in total. The van der Waals surface area contributed by atoms with E-state index < -0.39 is 24.5 Å². The van der Waals surface area contributed by atoms with Crippen molar-refractivity contribution in [1.82, 2.24) is 5.32 Å². The smallest absolute Gasteiger partial charge is 0.341 e. The summed E-state index contributed by atoms with van der Waals surface area (Å²) in [5.41, 5.74) is 1.17. The van der Waals surface area contributed by atoms with Gasteiger partial charge < -0.3 is 24.5 Å². The molecule has 0 aromatic carbocycles. The van der Waals surface area contributed by atoms with Gasteiger partial charge in [-0.3, -0.25) is 14.4 Å². The maximum atomic E-state index is 12.3. The van der Waals surface area contributed by atoms with Crippen molar-refractivity contribution in [3.63, 3.8) is 0 Å². The lowest BCUT2D eigenvalue weighted by Gasteiger charge is -2.08. The molecule has 2 heterocycles. The fourth-order valence-corrected chi connectivity index (χ4v) is 3.97. The lowest BCUT2D eigenvalue weighted by Crippen LogP contribution is -2.25. The molecule has 0 aliphatic heterocycles. The predicted molar refractivity (Wildman–Crippen MR) is 114 cm³/mol. The van der Waals surface area contributed by atoms with Gasteiger partial charge in [-0.05, 0) is 44.4 Å². The SMILES string of the molecule is CCOC(=O)c1c(NC(=O)COC(=O)CCCNC(=O)c2ccco2)sc(C)c1CC. The van der Waals surface area contributed by atoms with Crippen molar-refractivity contribution in [2.75, 3.05) is 25.1 Å². The van der Waals surface area contributed by atoms with Crippen LogP contribution < -0.4 is 10.6 Å². The van der Waals surface area contributed by atoms with Crippen LogP contribution in [-0.2, 0) is 25.5 Å². The second kappa shape index (κ2) is 11.9. The van der Waals surface area contributed by atoms with E-state index in [-0.39, 0.29) is 31.2 Å². The number of hydrogen-bond acceptors (Lipinski definition) is 8. The Labute approximate surface area is 184 Å². The van der Waals surface area contributed by atoms with Crippen LogP contribution in [0.15, 0.2) is 22.8 Å². The minimum absolute atomic E-state index is 0.0396. The van der Waals surface area contributed by atoms with Crippen molar-refractivity contribution in [3.8, 4) is 0 Å². The Morgan fingerprint density at radius 1 is 1.16 bits per heavy atom. The molecule has 0 fully saturated rings. The van der Waals surface area contributed by atoms with Crippen LogP contribution >= 0.6 is 11.3 Å². The first-order chi connectivity index (χ1) is 14.9. The minimum atomic E-state index is -0.565. The summed E-state index contributed by atoms with van der Waals surface area (Å²) in [6.07, 6.45) is 2.41. The summed E-state index contributed by atoms with van der Waals surface area (Å²) < 4.78 is 15.0. The van der Waals surface area contributed by atoms with Crippen LogP contribution in [0.4, 0.5) is 5.00 Å². The van der Waals surface area contributed by atoms with Crippen LogP contribution in [0.25, 0.3) is 0 Å². The van der Waals surface area contributed by atoms with Gasteiger partial charge in [0, 0.05) is 17.8 Å². The number of ether oxygens (including phenoxy) is 2. The molecular weight excluding hydrogens is 424 g/mol. The number of esters is 2. The van der Waals surface area contributed by atoms with Gasteiger partial charge in [0.05, 0.1) is 18.4 Å². The number of carbonyl (C=O) groups excluding carboxylic acids is 4. The Balaban J connectivity index is 1.78. The van der Waals surface area contributed by atoms with E-state index in [1.54, 1.807) is 13.0 Å². The number of hydrogen-bond donors (Lipinski definition) is 2. The lowest BCUT2D eigenvalue weighted by molar-refractivity contribution is -0.147. The molecule has 0 atom stereocenters. The van der Waals surface area contributed by atoms with Gasteiger partial charge in [0.25, 0.3) is 11.8 Å². The van der Waals surface area contributed by atoms with E-state index in [0.717, 1.165) is 10.4 Å². The van der Waals surface area contributed by atoms with Crippen LogP contribution in [0.2, 0.25) is 0 Å². The first-order valence-corrected chi connectivity index (χ1v) is 10.8. The summed E-state index contributed by atoms with van der Waals surface area (Å²) in [7, 11) is 0. The molecule has 168 valence electrons. The highest BCUT2D eigenvalue weighted by molar-refractivity contribution is 7.16. The normalized spacial score (nSPS) is 10.4. The lowest BCUT2D eigenvalue weighted by atomic mass is 10.1.